The molecule has 0 radical (unpaired) electrons. The van der Waals surface area contributed by atoms with E-state index in [0.29, 0.717) is 5.75 Å². The molecular formula is C15H23NO6S2. The van der Waals surface area contributed by atoms with Crippen LogP contribution in [0.4, 0.5) is 0 Å². The molecule has 7 nitrogen and oxygen atoms in total. The topological polar surface area (TPSA) is 90.0 Å². The summed E-state index contributed by atoms with van der Waals surface area (Å²) in [6.45, 7) is 3.53. The third kappa shape index (κ3) is 3.38. The minimum Gasteiger partial charge on any atom is -0.497 e. The van der Waals surface area contributed by atoms with Gasteiger partial charge in [0, 0.05) is 18.2 Å². The van der Waals surface area contributed by atoms with Crippen LogP contribution in [0.3, 0.4) is 0 Å². The largest absolute Gasteiger partial charge is 0.497 e. The Bertz CT molecular complexity index is 818. The maximum atomic E-state index is 13.2. The lowest BCUT2D eigenvalue weighted by molar-refractivity contribution is 0.242. The molecule has 1 aliphatic heterocycles. The molecule has 1 aromatic rings. The Morgan fingerprint density at radius 1 is 1.25 bits per heavy atom. The van der Waals surface area contributed by atoms with Gasteiger partial charge in [-0.2, -0.15) is 4.31 Å². The first kappa shape index (κ1) is 19.0. The lowest BCUT2D eigenvalue weighted by atomic mass is 10.0. The molecule has 1 heterocycles. The summed E-state index contributed by atoms with van der Waals surface area (Å²) in [5.74, 6) is 0.387. The van der Waals surface area contributed by atoms with E-state index in [9.17, 15) is 16.8 Å². The predicted octanol–water partition coefficient (Wildman–Crippen LogP) is 1.29. The van der Waals surface area contributed by atoms with E-state index >= 15 is 0 Å². The summed E-state index contributed by atoms with van der Waals surface area (Å²) in [5.41, 5.74) is -0.972. The molecule has 0 N–H and O–H groups in total. The van der Waals surface area contributed by atoms with E-state index in [1.807, 2.05) is 0 Å². The highest BCUT2D eigenvalue weighted by molar-refractivity contribution is 7.92. The minimum atomic E-state index is -3.95. The van der Waals surface area contributed by atoms with Crippen LogP contribution in [0.15, 0.2) is 23.1 Å². The molecule has 0 aromatic heterocycles. The molecule has 136 valence electrons. The highest BCUT2D eigenvalue weighted by Crippen LogP contribution is 2.37. The molecule has 0 unspecified atom stereocenters. The van der Waals surface area contributed by atoms with Crippen molar-refractivity contribution in [1.82, 2.24) is 4.31 Å². The fraction of sp³-hybridized carbons (Fsp3) is 0.600. The first-order valence-electron chi connectivity index (χ1n) is 7.55. The van der Waals surface area contributed by atoms with Crippen LogP contribution in [0, 0.1) is 0 Å². The standard InChI is InChI=1S/C15H23NO6S2/c1-5-16(15(2)8-9-23(17,18)11-15)24(19,20)14-10-12(21-3)6-7-13(14)22-4/h6-7,10H,5,8-9,11H2,1-4H3/t15-/m0/s1. The lowest BCUT2D eigenvalue weighted by Crippen LogP contribution is -2.50. The number of ether oxygens (including phenoxy) is 2. The number of sulfonamides is 1. The number of hydrogen-bond acceptors (Lipinski definition) is 6. The normalized spacial score (nSPS) is 23.4. The maximum absolute atomic E-state index is 13.2. The molecule has 1 fully saturated rings. The fourth-order valence-electron chi connectivity index (χ4n) is 3.14. The SMILES string of the molecule is CCN([C@@]1(C)CCS(=O)(=O)C1)S(=O)(=O)c1cc(OC)ccc1OC. The van der Waals surface area contributed by atoms with E-state index in [-0.39, 0.29) is 35.1 Å². The van der Waals surface area contributed by atoms with Crippen molar-refractivity contribution >= 4 is 19.9 Å². The summed E-state index contributed by atoms with van der Waals surface area (Å²) in [4.78, 5) is -0.0308. The van der Waals surface area contributed by atoms with Gasteiger partial charge >= 0.3 is 0 Å². The fourth-order valence-corrected chi connectivity index (χ4v) is 7.34. The average Bonchev–Trinajstić information content (AvgIpc) is 2.80. The number of sulfone groups is 1. The Kier molecular flexibility index (Phi) is 5.17. The lowest BCUT2D eigenvalue weighted by Gasteiger charge is -2.35. The van der Waals surface area contributed by atoms with Gasteiger partial charge in [0.15, 0.2) is 9.84 Å². The van der Waals surface area contributed by atoms with Crippen LogP contribution < -0.4 is 9.47 Å². The molecule has 0 spiro atoms. The third-order valence-corrected chi connectivity index (χ3v) is 8.35. The van der Waals surface area contributed by atoms with Crippen LogP contribution in [0.2, 0.25) is 0 Å². The van der Waals surface area contributed by atoms with Crippen molar-refractivity contribution in [3.05, 3.63) is 18.2 Å². The third-order valence-electron chi connectivity index (χ3n) is 4.31. The highest BCUT2D eigenvalue weighted by Gasteiger charge is 2.47. The van der Waals surface area contributed by atoms with Gasteiger partial charge in [0.1, 0.15) is 16.4 Å². The number of benzene rings is 1. The van der Waals surface area contributed by atoms with Crippen molar-refractivity contribution in [2.75, 3.05) is 32.3 Å². The van der Waals surface area contributed by atoms with Gasteiger partial charge in [0.05, 0.1) is 25.7 Å². The van der Waals surface area contributed by atoms with Crippen molar-refractivity contribution in [3.63, 3.8) is 0 Å². The Morgan fingerprint density at radius 2 is 1.92 bits per heavy atom. The van der Waals surface area contributed by atoms with E-state index in [1.54, 1.807) is 19.9 Å². The molecule has 2 rings (SSSR count). The molecule has 1 saturated heterocycles. The number of nitrogens with zero attached hydrogens (tertiary/aromatic N) is 1. The van der Waals surface area contributed by atoms with Gasteiger partial charge in [-0.25, -0.2) is 16.8 Å². The monoisotopic (exact) mass is 377 g/mol. The zero-order valence-corrected chi connectivity index (χ0v) is 15.9. The quantitative estimate of drug-likeness (QED) is 0.742. The van der Waals surface area contributed by atoms with Crippen LogP contribution in [0.5, 0.6) is 11.5 Å². The molecule has 1 aromatic carbocycles. The van der Waals surface area contributed by atoms with Gasteiger partial charge in [-0.1, -0.05) is 6.92 Å². The summed E-state index contributed by atoms with van der Waals surface area (Å²) < 4.78 is 61.7. The van der Waals surface area contributed by atoms with Crippen LogP contribution >= 0.6 is 0 Å². The minimum absolute atomic E-state index is 0.00916. The summed E-state index contributed by atoms with van der Waals surface area (Å²) >= 11 is 0. The van der Waals surface area contributed by atoms with E-state index in [4.69, 9.17) is 9.47 Å². The van der Waals surface area contributed by atoms with Crippen LogP contribution in [0.25, 0.3) is 0 Å². The Labute approximate surface area is 143 Å². The van der Waals surface area contributed by atoms with Crippen molar-refractivity contribution < 1.29 is 26.3 Å². The van der Waals surface area contributed by atoms with Gasteiger partial charge in [-0.3, -0.25) is 0 Å². The smallest absolute Gasteiger partial charge is 0.247 e. The summed E-state index contributed by atoms with van der Waals surface area (Å²) in [5, 5.41) is 0. The first-order chi connectivity index (χ1) is 11.1. The van der Waals surface area contributed by atoms with Crippen molar-refractivity contribution in [2.45, 2.75) is 30.7 Å². The second-order valence-electron chi connectivity index (χ2n) is 6.03. The first-order valence-corrected chi connectivity index (χ1v) is 10.8. The van der Waals surface area contributed by atoms with Gasteiger partial charge in [-0.15, -0.1) is 0 Å². The number of methoxy groups -OCH3 is 2. The second-order valence-corrected chi connectivity index (χ2v) is 10.0. The van der Waals surface area contributed by atoms with Crippen LogP contribution in [-0.4, -0.2) is 58.9 Å². The van der Waals surface area contributed by atoms with Crippen LogP contribution in [-0.2, 0) is 19.9 Å². The molecule has 0 bridgehead atoms. The number of hydrogen-bond donors (Lipinski definition) is 0. The van der Waals surface area contributed by atoms with Crippen molar-refractivity contribution in [3.8, 4) is 11.5 Å². The molecule has 0 aliphatic carbocycles. The molecule has 1 aliphatic rings. The Hall–Kier alpha value is -1.32. The zero-order chi connectivity index (χ0) is 18.2. The van der Waals surface area contributed by atoms with Crippen LogP contribution in [0.1, 0.15) is 20.3 Å². The van der Waals surface area contributed by atoms with E-state index in [0.717, 1.165) is 0 Å². The van der Waals surface area contributed by atoms with Crippen molar-refractivity contribution in [2.24, 2.45) is 0 Å². The summed E-state index contributed by atoms with van der Waals surface area (Å²) in [7, 11) is -4.36. The van der Waals surface area contributed by atoms with E-state index in [2.05, 4.69) is 0 Å². The van der Waals surface area contributed by atoms with E-state index < -0.39 is 25.4 Å². The predicted molar refractivity (Wildman–Crippen MR) is 90.8 cm³/mol. The molecule has 9 heteroatoms. The summed E-state index contributed by atoms with van der Waals surface area (Å²) in [6, 6.07) is 4.52. The number of rotatable bonds is 6. The molecular weight excluding hydrogens is 354 g/mol. The summed E-state index contributed by atoms with van der Waals surface area (Å²) in [6.07, 6.45) is 0.273. The molecule has 0 saturated carbocycles. The van der Waals surface area contributed by atoms with E-state index in [1.165, 1.54) is 30.7 Å². The highest BCUT2D eigenvalue weighted by atomic mass is 32.2. The second kappa shape index (κ2) is 6.53. The Morgan fingerprint density at radius 3 is 2.38 bits per heavy atom. The molecule has 24 heavy (non-hydrogen) atoms. The molecule has 0 amide bonds. The van der Waals surface area contributed by atoms with Gasteiger partial charge in [-0.05, 0) is 25.5 Å². The van der Waals surface area contributed by atoms with Gasteiger partial charge in [0.25, 0.3) is 0 Å². The average molecular weight is 377 g/mol. The maximum Gasteiger partial charge on any atom is 0.247 e. The Balaban J connectivity index is 2.56. The van der Waals surface area contributed by atoms with Gasteiger partial charge < -0.3 is 9.47 Å². The molecule has 1 atom stereocenters. The van der Waals surface area contributed by atoms with Crippen molar-refractivity contribution in [1.29, 1.82) is 0 Å². The zero-order valence-electron chi connectivity index (χ0n) is 14.3. The van der Waals surface area contributed by atoms with Gasteiger partial charge in [0.2, 0.25) is 10.0 Å².